The predicted molar refractivity (Wildman–Crippen MR) is 104 cm³/mol. The van der Waals surface area contributed by atoms with Gasteiger partial charge in [-0.3, -0.25) is 9.59 Å². The lowest BCUT2D eigenvalue weighted by molar-refractivity contribution is -0.121. The molecule has 3 N–H and O–H groups in total. The summed E-state index contributed by atoms with van der Waals surface area (Å²) in [4.78, 5) is 28.2. The second kappa shape index (κ2) is 8.85. The number of nitrogens with one attached hydrogen (secondary N) is 1. The number of hydrogen-bond acceptors (Lipinski definition) is 5. The van der Waals surface area contributed by atoms with Crippen LogP contribution in [0.4, 0.5) is 8.78 Å². The number of nitrogens with two attached hydrogens (primary N) is 1. The summed E-state index contributed by atoms with van der Waals surface area (Å²) in [6, 6.07) is 6.29. The highest BCUT2D eigenvalue weighted by Crippen LogP contribution is 2.21. The Hall–Kier alpha value is -3.56. The Bertz CT molecular complexity index is 1100. The van der Waals surface area contributed by atoms with Gasteiger partial charge < -0.3 is 15.8 Å². The first kappa shape index (κ1) is 21.2. The van der Waals surface area contributed by atoms with Crippen molar-refractivity contribution in [1.29, 1.82) is 0 Å². The molecule has 0 radical (unpaired) electrons. The summed E-state index contributed by atoms with van der Waals surface area (Å²) in [5, 5.41) is 6.87. The Morgan fingerprint density at radius 3 is 2.70 bits per heavy atom. The molecule has 3 rings (SSSR count). The van der Waals surface area contributed by atoms with Gasteiger partial charge in [-0.05, 0) is 31.9 Å². The number of ether oxygens (including phenoxy) is 1. The van der Waals surface area contributed by atoms with Crippen LogP contribution in [0.25, 0.3) is 5.65 Å². The molecule has 0 fully saturated rings. The molecular weight excluding hydrogens is 396 g/mol. The third-order valence-electron chi connectivity index (χ3n) is 4.74. The number of aryl methyl sites for hydroxylation is 2. The summed E-state index contributed by atoms with van der Waals surface area (Å²) in [6.45, 7) is 0.742. The van der Waals surface area contributed by atoms with Crippen LogP contribution in [0.3, 0.4) is 0 Å². The minimum Gasteiger partial charge on any atom is -0.434 e. The standard InChI is InChI=1S/C20H21F2N5O3/c1-11-14(12(2)27-19(26-11)15(10-25-27)18(23)29)7-8-17(28)24-9-13-5-3-4-6-16(13)30-20(21)22/h3-6,10,20H,7-9H2,1-2H3,(H2,23,29)(H,24,28). The summed E-state index contributed by atoms with van der Waals surface area (Å²) in [7, 11) is 0. The zero-order valence-corrected chi connectivity index (χ0v) is 16.5. The van der Waals surface area contributed by atoms with Gasteiger partial charge in [0.15, 0.2) is 5.65 Å². The molecule has 0 spiro atoms. The number of nitrogens with zero attached hydrogens (tertiary/aromatic N) is 3. The van der Waals surface area contributed by atoms with E-state index < -0.39 is 12.5 Å². The molecule has 2 amide bonds. The Morgan fingerprint density at radius 2 is 2.00 bits per heavy atom. The van der Waals surface area contributed by atoms with Gasteiger partial charge >= 0.3 is 6.61 Å². The lowest BCUT2D eigenvalue weighted by Crippen LogP contribution is -2.24. The summed E-state index contributed by atoms with van der Waals surface area (Å²) in [5.74, 6) is -0.836. The van der Waals surface area contributed by atoms with Crippen molar-refractivity contribution in [2.24, 2.45) is 5.73 Å². The maximum absolute atomic E-state index is 12.5. The highest BCUT2D eigenvalue weighted by Gasteiger charge is 2.17. The van der Waals surface area contributed by atoms with Crippen LogP contribution >= 0.6 is 0 Å². The number of hydrogen-bond donors (Lipinski definition) is 2. The molecule has 1 aromatic carbocycles. The molecule has 0 saturated carbocycles. The number of carbonyl (C=O) groups excluding carboxylic acids is 2. The minimum atomic E-state index is -2.94. The van der Waals surface area contributed by atoms with E-state index in [9.17, 15) is 18.4 Å². The van der Waals surface area contributed by atoms with Gasteiger partial charge in [0.05, 0.1) is 6.20 Å². The first-order chi connectivity index (χ1) is 14.3. The zero-order chi connectivity index (χ0) is 21.8. The first-order valence-electron chi connectivity index (χ1n) is 9.21. The summed E-state index contributed by atoms with van der Waals surface area (Å²) in [6.07, 6.45) is 1.93. The van der Waals surface area contributed by atoms with E-state index in [2.05, 4.69) is 20.1 Å². The average molecular weight is 417 g/mol. The maximum Gasteiger partial charge on any atom is 0.387 e. The van der Waals surface area contributed by atoms with Crippen molar-refractivity contribution >= 4 is 17.5 Å². The molecule has 0 atom stereocenters. The van der Waals surface area contributed by atoms with Crippen LogP contribution in [0.5, 0.6) is 5.75 Å². The lowest BCUT2D eigenvalue weighted by Gasteiger charge is -2.13. The summed E-state index contributed by atoms with van der Waals surface area (Å²) >= 11 is 0. The van der Waals surface area contributed by atoms with Gasteiger partial charge in [0, 0.05) is 29.9 Å². The Morgan fingerprint density at radius 1 is 1.27 bits per heavy atom. The number of benzene rings is 1. The third kappa shape index (κ3) is 4.53. The number of primary amides is 1. The van der Waals surface area contributed by atoms with E-state index in [4.69, 9.17) is 5.73 Å². The number of rotatable bonds is 8. The Balaban J connectivity index is 1.67. The van der Waals surface area contributed by atoms with Crippen LogP contribution in [0.2, 0.25) is 0 Å². The largest absolute Gasteiger partial charge is 0.434 e. The van der Waals surface area contributed by atoms with Gasteiger partial charge in [-0.15, -0.1) is 0 Å². The van der Waals surface area contributed by atoms with E-state index in [1.54, 1.807) is 25.1 Å². The number of halogens is 2. The predicted octanol–water partition coefficient (Wildman–Crippen LogP) is 2.30. The fourth-order valence-corrected chi connectivity index (χ4v) is 3.23. The quantitative estimate of drug-likeness (QED) is 0.584. The summed E-state index contributed by atoms with van der Waals surface area (Å²) < 4.78 is 31.0. The van der Waals surface area contributed by atoms with Crippen molar-refractivity contribution in [1.82, 2.24) is 19.9 Å². The minimum absolute atomic E-state index is 0.0260. The van der Waals surface area contributed by atoms with Crippen molar-refractivity contribution in [3.05, 3.63) is 58.5 Å². The van der Waals surface area contributed by atoms with Crippen molar-refractivity contribution in [2.75, 3.05) is 0 Å². The molecule has 3 aromatic rings. The van der Waals surface area contributed by atoms with Gasteiger partial charge in [-0.25, -0.2) is 9.50 Å². The lowest BCUT2D eigenvalue weighted by atomic mass is 10.1. The molecule has 0 aliphatic rings. The number of para-hydroxylation sites is 1. The molecular formula is C20H21F2N5O3. The molecule has 30 heavy (non-hydrogen) atoms. The van der Waals surface area contributed by atoms with Crippen molar-refractivity contribution in [3.63, 3.8) is 0 Å². The fourth-order valence-electron chi connectivity index (χ4n) is 3.23. The molecule has 0 bridgehead atoms. The second-order valence-corrected chi connectivity index (χ2v) is 6.68. The molecule has 8 nitrogen and oxygen atoms in total. The van der Waals surface area contributed by atoms with E-state index in [0.29, 0.717) is 23.3 Å². The second-order valence-electron chi connectivity index (χ2n) is 6.68. The summed E-state index contributed by atoms with van der Waals surface area (Å²) in [5.41, 5.74) is 8.67. The fraction of sp³-hybridized carbons (Fsp3) is 0.300. The number of aromatic nitrogens is 3. The van der Waals surface area contributed by atoms with Crippen LogP contribution in [0.1, 0.15) is 39.3 Å². The van der Waals surface area contributed by atoms with Crippen molar-refractivity contribution in [3.8, 4) is 5.75 Å². The highest BCUT2D eigenvalue weighted by atomic mass is 19.3. The highest BCUT2D eigenvalue weighted by molar-refractivity contribution is 5.98. The van der Waals surface area contributed by atoms with Crippen LogP contribution in [-0.4, -0.2) is 33.0 Å². The molecule has 0 unspecified atom stereocenters. The van der Waals surface area contributed by atoms with Crippen molar-refractivity contribution < 1.29 is 23.1 Å². The van der Waals surface area contributed by atoms with E-state index >= 15 is 0 Å². The van der Waals surface area contributed by atoms with Gasteiger partial charge in [0.1, 0.15) is 11.3 Å². The van der Waals surface area contributed by atoms with E-state index in [-0.39, 0.29) is 30.2 Å². The SMILES string of the molecule is Cc1nc2c(C(N)=O)cnn2c(C)c1CCC(=O)NCc1ccccc1OC(F)F. The molecule has 158 valence electrons. The van der Waals surface area contributed by atoms with Gasteiger partial charge in [-0.1, -0.05) is 18.2 Å². The zero-order valence-electron chi connectivity index (χ0n) is 16.5. The van der Waals surface area contributed by atoms with Gasteiger partial charge in [-0.2, -0.15) is 13.9 Å². The van der Waals surface area contributed by atoms with Crippen LogP contribution < -0.4 is 15.8 Å². The normalized spacial score (nSPS) is 11.1. The molecule has 0 aliphatic carbocycles. The number of fused-ring (bicyclic) bond motifs is 1. The van der Waals surface area contributed by atoms with Crippen LogP contribution in [0, 0.1) is 13.8 Å². The van der Waals surface area contributed by atoms with E-state index in [0.717, 1.165) is 11.3 Å². The Labute approximate surface area is 171 Å². The van der Waals surface area contributed by atoms with Crippen molar-refractivity contribution in [2.45, 2.75) is 39.8 Å². The van der Waals surface area contributed by atoms with E-state index in [1.807, 2.05) is 6.92 Å². The average Bonchev–Trinajstić information content (AvgIpc) is 3.11. The van der Waals surface area contributed by atoms with Crippen LogP contribution in [-0.2, 0) is 17.8 Å². The molecule has 10 heteroatoms. The molecule has 2 heterocycles. The maximum atomic E-state index is 12.5. The number of carbonyl (C=O) groups is 2. The van der Waals surface area contributed by atoms with Gasteiger partial charge in [0.25, 0.3) is 5.91 Å². The molecule has 0 aliphatic heterocycles. The number of alkyl halides is 2. The van der Waals surface area contributed by atoms with E-state index in [1.165, 1.54) is 16.8 Å². The first-order valence-corrected chi connectivity index (χ1v) is 9.21. The Kier molecular flexibility index (Phi) is 6.24. The smallest absolute Gasteiger partial charge is 0.387 e. The van der Waals surface area contributed by atoms with Crippen LogP contribution in [0.15, 0.2) is 30.5 Å². The molecule has 0 saturated heterocycles. The monoisotopic (exact) mass is 417 g/mol. The topological polar surface area (TPSA) is 112 Å². The molecule has 2 aromatic heterocycles. The van der Waals surface area contributed by atoms with Gasteiger partial charge in [0.2, 0.25) is 5.91 Å². The third-order valence-corrected chi connectivity index (χ3v) is 4.74. The number of amides is 2.